The van der Waals surface area contributed by atoms with Gasteiger partial charge in [-0.25, -0.2) is 0 Å². The third-order valence-corrected chi connectivity index (χ3v) is 2.85. The molecule has 0 aliphatic rings. The van der Waals surface area contributed by atoms with Crippen LogP contribution in [-0.4, -0.2) is 14.9 Å². The molecule has 1 aromatic heterocycles. The van der Waals surface area contributed by atoms with E-state index >= 15 is 0 Å². The molecule has 0 saturated heterocycles. The Balaban J connectivity index is 1.95. The van der Waals surface area contributed by atoms with Crippen molar-refractivity contribution in [1.82, 2.24) is 9.78 Å². The van der Waals surface area contributed by atoms with Crippen molar-refractivity contribution in [3.05, 3.63) is 47.8 Å². The minimum atomic E-state index is 0.0869. The Hall–Kier alpha value is -1.81. The molecule has 0 spiro atoms. The minimum Gasteiger partial charge on any atom is -0.392 e. The summed E-state index contributed by atoms with van der Waals surface area (Å²) >= 11 is 0. The highest BCUT2D eigenvalue weighted by atomic mass is 16.3. The summed E-state index contributed by atoms with van der Waals surface area (Å²) < 4.78 is 2.02. The highest BCUT2D eigenvalue weighted by molar-refractivity contribution is 5.44. The lowest BCUT2D eigenvalue weighted by Crippen LogP contribution is -2.08. The smallest absolute Gasteiger partial charge is 0.0681 e. The maximum Gasteiger partial charge on any atom is 0.0681 e. The summed E-state index contributed by atoms with van der Waals surface area (Å²) in [6, 6.07) is 9.83. The van der Waals surface area contributed by atoms with E-state index in [-0.39, 0.29) is 6.61 Å². The number of nitrogens with zero attached hydrogens (tertiary/aromatic N) is 2. The summed E-state index contributed by atoms with van der Waals surface area (Å²) in [5, 5.41) is 16.6. The Kier molecular flexibility index (Phi) is 4.36. The van der Waals surface area contributed by atoms with Crippen LogP contribution in [0.4, 0.5) is 5.69 Å². The number of aliphatic hydroxyl groups is 1. The molecule has 18 heavy (non-hydrogen) atoms. The van der Waals surface area contributed by atoms with Crippen LogP contribution in [0.1, 0.15) is 24.6 Å². The molecule has 96 valence electrons. The second kappa shape index (κ2) is 6.21. The minimum absolute atomic E-state index is 0.0869. The average Bonchev–Trinajstić information content (AvgIpc) is 2.85. The van der Waals surface area contributed by atoms with E-state index in [0.29, 0.717) is 0 Å². The fourth-order valence-electron chi connectivity index (χ4n) is 1.84. The van der Waals surface area contributed by atoms with Gasteiger partial charge in [0.1, 0.15) is 0 Å². The van der Waals surface area contributed by atoms with Gasteiger partial charge in [0.05, 0.1) is 18.8 Å². The van der Waals surface area contributed by atoms with Gasteiger partial charge in [-0.05, 0) is 30.2 Å². The van der Waals surface area contributed by atoms with Crippen molar-refractivity contribution < 1.29 is 5.11 Å². The van der Waals surface area contributed by atoms with E-state index in [1.165, 1.54) is 5.69 Å². The monoisotopic (exact) mass is 245 g/mol. The molecule has 4 heteroatoms. The summed E-state index contributed by atoms with van der Waals surface area (Å²) in [7, 11) is 0. The fourth-order valence-corrected chi connectivity index (χ4v) is 1.84. The molecule has 0 aliphatic heterocycles. The van der Waals surface area contributed by atoms with Crippen LogP contribution in [0.3, 0.4) is 0 Å². The summed E-state index contributed by atoms with van der Waals surface area (Å²) in [4.78, 5) is 0. The summed E-state index contributed by atoms with van der Waals surface area (Å²) in [6.07, 6.45) is 2.92. The first-order valence-electron chi connectivity index (χ1n) is 6.28. The molecule has 2 aromatic rings. The maximum absolute atomic E-state index is 8.97. The van der Waals surface area contributed by atoms with Crippen molar-refractivity contribution in [1.29, 1.82) is 0 Å². The van der Waals surface area contributed by atoms with E-state index in [9.17, 15) is 0 Å². The third-order valence-electron chi connectivity index (χ3n) is 2.85. The first-order chi connectivity index (χ1) is 8.83. The van der Waals surface area contributed by atoms with E-state index in [0.717, 1.165) is 30.8 Å². The second-order valence-electron chi connectivity index (χ2n) is 4.25. The number of hydrogen-bond acceptors (Lipinski definition) is 3. The van der Waals surface area contributed by atoms with Crippen molar-refractivity contribution in [3.8, 4) is 0 Å². The Morgan fingerprint density at radius 3 is 2.67 bits per heavy atom. The number of hydrogen-bond donors (Lipinski definition) is 2. The number of benzene rings is 1. The topological polar surface area (TPSA) is 50.1 Å². The van der Waals surface area contributed by atoms with Gasteiger partial charge >= 0.3 is 0 Å². The summed E-state index contributed by atoms with van der Waals surface area (Å²) in [5.41, 5.74) is 3.16. The van der Waals surface area contributed by atoms with Gasteiger partial charge in [0.25, 0.3) is 0 Å². The van der Waals surface area contributed by atoms with Crippen molar-refractivity contribution in [2.75, 3.05) is 5.32 Å². The van der Waals surface area contributed by atoms with Crippen LogP contribution in [0.25, 0.3) is 0 Å². The predicted octanol–water partition coefficient (Wildman–Crippen LogP) is 2.40. The number of aryl methyl sites for hydroxylation is 1. The van der Waals surface area contributed by atoms with Crippen molar-refractivity contribution in [2.45, 2.75) is 33.0 Å². The Bertz CT molecular complexity index is 476. The standard InChI is InChI=1S/C14H19N3O/c1-2-9-17-14(7-8-16-17)10-15-13-5-3-12(11-18)4-6-13/h3-8,15,18H,2,9-11H2,1H3. The molecule has 0 saturated carbocycles. The van der Waals surface area contributed by atoms with Crippen LogP contribution < -0.4 is 5.32 Å². The zero-order valence-corrected chi connectivity index (χ0v) is 10.6. The van der Waals surface area contributed by atoms with Gasteiger partial charge in [0, 0.05) is 18.4 Å². The van der Waals surface area contributed by atoms with E-state index in [2.05, 4.69) is 17.3 Å². The zero-order chi connectivity index (χ0) is 12.8. The second-order valence-corrected chi connectivity index (χ2v) is 4.25. The number of aromatic nitrogens is 2. The number of anilines is 1. The lowest BCUT2D eigenvalue weighted by Gasteiger charge is -2.09. The molecule has 2 rings (SSSR count). The summed E-state index contributed by atoms with van der Waals surface area (Å²) in [6.45, 7) is 3.95. The first-order valence-corrected chi connectivity index (χ1v) is 6.28. The van der Waals surface area contributed by atoms with E-state index in [1.807, 2.05) is 41.2 Å². The predicted molar refractivity (Wildman–Crippen MR) is 72.2 cm³/mol. The molecule has 0 aliphatic carbocycles. The zero-order valence-electron chi connectivity index (χ0n) is 10.6. The van der Waals surface area contributed by atoms with Gasteiger partial charge < -0.3 is 10.4 Å². The molecule has 0 unspecified atom stereocenters. The van der Waals surface area contributed by atoms with Crippen LogP contribution in [0, 0.1) is 0 Å². The van der Waals surface area contributed by atoms with Crippen molar-refractivity contribution in [3.63, 3.8) is 0 Å². The molecule has 0 amide bonds. The van der Waals surface area contributed by atoms with E-state index in [4.69, 9.17) is 5.11 Å². The normalized spacial score (nSPS) is 10.6. The van der Waals surface area contributed by atoms with Gasteiger partial charge in [0.2, 0.25) is 0 Å². The lowest BCUT2D eigenvalue weighted by molar-refractivity contribution is 0.282. The van der Waals surface area contributed by atoms with Crippen LogP contribution in [0.15, 0.2) is 36.5 Å². The fraction of sp³-hybridized carbons (Fsp3) is 0.357. The molecule has 0 fully saturated rings. The van der Waals surface area contributed by atoms with E-state index in [1.54, 1.807) is 0 Å². The highest BCUT2D eigenvalue weighted by Gasteiger charge is 2.01. The molecular formula is C14H19N3O. The van der Waals surface area contributed by atoms with Gasteiger partial charge in [-0.2, -0.15) is 5.10 Å². The Labute approximate surface area is 107 Å². The van der Waals surface area contributed by atoms with Crippen LogP contribution in [0.2, 0.25) is 0 Å². The molecule has 1 aromatic carbocycles. The molecule has 0 radical (unpaired) electrons. The quantitative estimate of drug-likeness (QED) is 0.821. The highest BCUT2D eigenvalue weighted by Crippen LogP contribution is 2.11. The number of rotatable bonds is 6. The van der Waals surface area contributed by atoms with Gasteiger partial charge in [0.15, 0.2) is 0 Å². The third kappa shape index (κ3) is 3.11. The Morgan fingerprint density at radius 2 is 2.00 bits per heavy atom. The number of aliphatic hydroxyl groups excluding tert-OH is 1. The van der Waals surface area contributed by atoms with Gasteiger partial charge in [-0.3, -0.25) is 4.68 Å². The van der Waals surface area contributed by atoms with Crippen molar-refractivity contribution >= 4 is 5.69 Å². The van der Waals surface area contributed by atoms with Crippen LogP contribution in [-0.2, 0) is 19.7 Å². The lowest BCUT2D eigenvalue weighted by atomic mass is 10.2. The number of nitrogens with one attached hydrogen (secondary N) is 1. The van der Waals surface area contributed by atoms with Crippen LogP contribution in [0.5, 0.6) is 0 Å². The molecule has 0 bridgehead atoms. The van der Waals surface area contributed by atoms with Crippen molar-refractivity contribution in [2.24, 2.45) is 0 Å². The molecule has 0 atom stereocenters. The van der Waals surface area contributed by atoms with Gasteiger partial charge in [-0.1, -0.05) is 19.1 Å². The molecule has 4 nitrogen and oxygen atoms in total. The molecule has 2 N–H and O–H groups in total. The SMILES string of the molecule is CCCn1nccc1CNc1ccc(CO)cc1. The van der Waals surface area contributed by atoms with E-state index < -0.39 is 0 Å². The average molecular weight is 245 g/mol. The molecular weight excluding hydrogens is 226 g/mol. The van der Waals surface area contributed by atoms with Crippen LogP contribution >= 0.6 is 0 Å². The first kappa shape index (κ1) is 12.6. The summed E-state index contributed by atoms with van der Waals surface area (Å²) in [5.74, 6) is 0. The Morgan fingerprint density at radius 1 is 1.22 bits per heavy atom. The molecule has 1 heterocycles. The maximum atomic E-state index is 8.97. The largest absolute Gasteiger partial charge is 0.392 e. The van der Waals surface area contributed by atoms with Gasteiger partial charge in [-0.15, -0.1) is 0 Å².